The SMILES string of the molecule is O=C(O)c1c(OCC2COC2)ccc2c1O[B-](O)(O)CO2. The quantitative estimate of drug-likeness (QED) is 0.646. The van der Waals surface area contributed by atoms with Crippen molar-refractivity contribution >= 4 is 12.7 Å². The predicted molar refractivity (Wildman–Crippen MR) is 69.5 cm³/mol. The van der Waals surface area contributed by atoms with Crippen molar-refractivity contribution in [3.8, 4) is 17.2 Å². The number of carboxylic acid groups (broad SMARTS) is 1. The molecule has 8 nitrogen and oxygen atoms in total. The van der Waals surface area contributed by atoms with Crippen LogP contribution in [0.4, 0.5) is 0 Å². The van der Waals surface area contributed by atoms with Crippen molar-refractivity contribution in [1.29, 1.82) is 0 Å². The first kappa shape index (κ1) is 14.0. The van der Waals surface area contributed by atoms with E-state index in [0.717, 1.165) is 0 Å². The van der Waals surface area contributed by atoms with Gasteiger partial charge in [0.1, 0.15) is 17.1 Å². The normalized spacial score (nSPS) is 19.7. The summed E-state index contributed by atoms with van der Waals surface area (Å²) in [7, 11) is 0. The Morgan fingerprint density at radius 2 is 2.14 bits per heavy atom. The molecule has 0 bridgehead atoms. The van der Waals surface area contributed by atoms with Gasteiger partial charge >= 0.3 is 12.7 Å². The van der Waals surface area contributed by atoms with E-state index in [2.05, 4.69) is 0 Å². The molecule has 3 N–H and O–H groups in total. The molecule has 1 aromatic rings. The smallest absolute Gasteiger partial charge is 0.467 e. The van der Waals surface area contributed by atoms with Crippen LogP contribution in [0.25, 0.3) is 0 Å². The summed E-state index contributed by atoms with van der Waals surface area (Å²) in [5.41, 5.74) is -0.290. The maximum absolute atomic E-state index is 11.4. The van der Waals surface area contributed by atoms with E-state index in [4.69, 9.17) is 18.9 Å². The van der Waals surface area contributed by atoms with Gasteiger partial charge in [0.15, 0.2) is 5.75 Å². The summed E-state index contributed by atoms with van der Waals surface area (Å²) in [5.74, 6) is -1.10. The van der Waals surface area contributed by atoms with Gasteiger partial charge < -0.3 is 34.0 Å². The summed E-state index contributed by atoms with van der Waals surface area (Å²) in [5, 5.41) is 28.3. The Labute approximate surface area is 119 Å². The molecular formula is C12H14BO8-. The molecule has 0 unspecified atom stereocenters. The number of fused-ring (bicyclic) bond motifs is 1. The van der Waals surface area contributed by atoms with Crippen LogP contribution in [0.1, 0.15) is 10.4 Å². The van der Waals surface area contributed by atoms with Gasteiger partial charge in [0.05, 0.1) is 26.3 Å². The van der Waals surface area contributed by atoms with Gasteiger partial charge in [-0.15, -0.1) is 0 Å². The molecule has 2 aliphatic heterocycles. The van der Waals surface area contributed by atoms with Crippen LogP contribution in [0.5, 0.6) is 17.2 Å². The number of hydrogen-bond donors (Lipinski definition) is 3. The number of aromatic carboxylic acids is 1. The molecule has 0 spiro atoms. The molecule has 9 heteroatoms. The average Bonchev–Trinajstić information content (AvgIpc) is 2.34. The molecule has 1 fully saturated rings. The van der Waals surface area contributed by atoms with Crippen LogP contribution in [0.15, 0.2) is 12.1 Å². The molecule has 1 aromatic carbocycles. The second-order valence-corrected chi connectivity index (χ2v) is 5.07. The third-order valence-corrected chi connectivity index (χ3v) is 3.24. The minimum absolute atomic E-state index is 0.0882. The Kier molecular flexibility index (Phi) is 3.40. The predicted octanol–water partition coefficient (Wildman–Crippen LogP) is -0.356. The van der Waals surface area contributed by atoms with Gasteiger partial charge in [-0.25, -0.2) is 4.79 Å². The highest BCUT2D eigenvalue weighted by Gasteiger charge is 2.34. The van der Waals surface area contributed by atoms with Gasteiger partial charge in [0.2, 0.25) is 0 Å². The summed E-state index contributed by atoms with van der Waals surface area (Å²) in [6.45, 7) is -2.22. The molecule has 1 saturated heterocycles. The van der Waals surface area contributed by atoms with Gasteiger partial charge in [-0.1, -0.05) is 0 Å². The van der Waals surface area contributed by atoms with Crippen molar-refractivity contribution in [2.75, 3.05) is 26.3 Å². The van der Waals surface area contributed by atoms with E-state index in [9.17, 15) is 19.9 Å². The van der Waals surface area contributed by atoms with E-state index in [0.29, 0.717) is 19.8 Å². The van der Waals surface area contributed by atoms with Gasteiger partial charge in [-0.2, -0.15) is 0 Å². The van der Waals surface area contributed by atoms with Crippen LogP contribution >= 0.6 is 0 Å². The fraction of sp³-hybridized carbons (Fsp3) is 0.417. The van der Waals surface area contributed by atoms with Crippen molar-refractivity contribution in [3.05, 3.63) is 17.7 Å². The lowest BCUT2D eigenvalue weighted by Crippen LogP contribution is -2.51. The molecular weight excluding hydrogens is 283 g/mol. The standard InChI is InChI=1S/C12H14BO8/c14-12(15)10-8(19-5-7-3-18-4-7)1-2-9-11(10)21-13(16,17)6-20-9/h1-2,7,16-17H,3-6H2,(H,14,15)/q-1. The zero-order valence-corrected chi connectivity index (χ0v) is 11.0. The number of rotatable bonds is 4. The minimum Gasteiger partial charge on any atom is -0.665 e. The molecule has 2 aliphatic rings. The third-order valence-electron chi connectivity index (χ3n) is 3.24. The second kappa shape index (κ2) is 5.10. The monoisotopic (exact) mass is 297 g/mol. The van der Waals surface area contributed by atoms with E-state index in [1.807, 2.05) is 0 Å². The molecule has 0 atom stereocenters. The first-order valence-electron chi connectivity index (χ1n) is 6.49. The molecule has 0 aliphatic carbocycles. The maximum Gasteiger partial charge on any atom is 0.467 e. The zero-order valence-electron chi connectivity index (χ0n) is 11.0. The second-order valence-electron chi connectivity index (χ2n) is 5.07. The summed E-state index contributed by atoms with van der Waals surface area (Å²) in [6.07, 6.45) is 0. The highest BCUT2D eigenvalue weighted by atomic mass is 16.7. The van der Waals surface area contributed by atoms with Crippen LogP contribution in [0.2, 0.25) is 0 Å². The highest BCUT2D eigenvalue weighted by Crippen LogP contribution is 2.41. The van der Waals surface area contributed by atoms with Crippen LogP contribution in [0.3, 0.4) is 0 Å². The number of ether oxygens (including phenoxy) is 3. The van der Waals surface area contributed by atoms with Crippen LogP contribution < -0.4 is 14.1 Å². The van der Waals surface area contributed by atoms with Crippen molar-refractivity contribution in [2.45, 2.75) is 0 Å². The minimum atomic E-state index is -3.23. The van der Waals surface area contributed by atoms with Crippen molar-refractivity contribution in [1.82, 2.24) is 0 Å². The number of carboxylic acids is 1. The maximum atomic E-state index is 11.4. The Morgan fingerprint density at radius 3 is 2.76 bits per heavy atom. The molecule has 0 aromatic heterocycles. The molecule has 114 valence electrons. The number of benzene rings is 1. The lowest BCUT2D eigenvalue weighted by atomic mass is 9.80. The highest BCUT2D eigenvalue weighted by molar-refractivity contribution is 6.58. The third kappa shape index (κ3) is 2.75. The van der Waals surface area contributed by atoms with E-state index in [1.165, 1.54) is 12.1 Å². The molecule has 2 heterocycles. The topological polar surface area (TPSA) is 115 Å². The molecule has 3 rings (SSSR count). The first-order valence-corrected chi connectivity index (χ1v) is 6.49. The van der Waals surface area contributed by atoms with Gasteiger partial charge in [-0.05, 0) is 12.1 Å². The van der Waals surface area contributed by atoms with E-state index in [1.54, 1.807) is 0 Å². The Balaban J connectivity index is 1.91. The van der Waals surface area contributed by atoms with Gasteiger partial charge in [0.25, 0.3) is 0 Å². The molecule has 0 radical (unpaired) electrons. The average molecular weight is 297 g/mol. The number of carbonyl (C=O) groups is 1. The molecule has 0 amide bonds. The lowest BCUT2D eigenvalue weighted by Gasteiger charge is -2.37. The van der Waals surface area contributed by atoms with Crippen LogP contribution in [-0.2, 0) is 4.74 Å². The number of hydrogen-bond acceptors (Lipinski definition) is 7. The van der Waals surface area contributed by atoms with Gasteiger partial charge in [0, 0.05) is 5.92 Å². The summed E-state index contributed by atoms with van der Waals surface area (Å²) >= 11 is 0. The Morgan fingerprint density at radius 1 is 1.38 bits per heavy atom. The molecule has 21 heavy (non-hydrogen) atoms. The van der Waals surface area contributed by atoms with Gasteiger partial charge in [-0.3, -0.25) is 0 Å². The fourth-order valence-corrected chi connectivity index (χ4v) is 2.11. The zero-order chi connectivity index (χ0) is 15.0. The Hall–Kier alpha value is -1.97. The summed E-state index contributed by atoms with van der Waals surface area (Å²) < 4.78 is 20.6. The van der Waals surface area contributed by atoms with Crippen molar-refractivity contribution < 1.29 is 38.8 Å². The van der Waals surface area contributed by atoms with E-state index in [-0.39, 0.29) is 28.7 Å². The first-order chi connectivity index (χ1) is 9.96. The summed E-state index contributed by atoms with van der Waals surface area (Å²) in [4.78, 5) is 11.4. The van der Waals surface area contributed by atoms with Crippen LogP contribution in [0, 0.1) is 5.92 Å². The fourth-order valence-electron chi connectivity index (χ4n) is 2.11. The van der Waals surface area contributed by atoms with E-state index >= 15 is 0 Å². The summed E-state index contributed by atoms with van der Waals surface area (Å²) in [6, 6.07) is 2.93. The largest absolute Gasteiger partial charge is 0.665 e. The lowest BCUT2D eigenvalue weighted by molar-refractivity contribution is -0.0509. The molecule has 0 saturated carbocycles. The van der Waals surface area contributed by atoms with Crippen molar-refractivity contribution in [3.63, 3.8) is 0 Å². The van der Waals surface area contributed by atoms with Crippen molar-refractivity contribution in [2.24, 2.45) is 5.92 Å². The van der Waals surface area contributed by atoms with E-state index < -0.39 is 19.2 Å². The Bertz CT molecular complexity index is 569. The van der Waals surface area contributed by atoms with Crippen LogP contribution in [-0.4, -0.2) is 54.2 Å².